The second-order valence-corrected chi connectivity index (χ2v) is 9.36. The predicted molar refractivity (Wildman–Crippen MR) is 131 cm³/mol. The molecule has 12 heteroatoms. The summed E-state index contributed by atoms with van der Waals surface area (Å²) < 4.78 is 0. The molecule has 4 atom stereocenters. The number of nitrogens with two attached hydrogens (primary N) is 2. The van der Waals surface area contributed by atoms with Crippen molar-refractivity contribution < 1.29 is 24.3 Å². The number of hydrogen-bond donors (Lipinski definition) is 7. The van der Waals surface area contributed by atoms with Gasteiger partial charge in [-0.2, -0.15) is 24.4 Å². The van der Waals surface area contributed by atoms with E-state index in [0.29, 0.717) is 31.6 Å². The van der Waals surface area contributed by atoms with Crippen molar-refractivity contribution in [1.82, 2.24) is 16.0 Å². The van der Waals surface area contributed by atoms with Crippen LogP contribution in [0, 0.1) is 5.92 Å². The number of aliphatic carboxylic acids is 1. The Bertz CT molecular complexity index is 609. The lowest BCUT2D eigenvalue weighted by Gasteiger charge is -2.25. The zero-order chi connectivity index (χ0) is 24.7. The maximum atomic E-state index is 12.8. The van der Waals surface area contributed by atoms with Crippen LogP contribution in [-0.4, -0.2) is 77.3 Å². The molecule has 8 N–H and O–H groups in total. The van der Waals surface area contributed by atoms with E-state index in [9.17, 15) is 24.3 Å². The topological polar surface area (TPSA) is 177 Å². The smallest absolute Gasteiger partial charge is 0.326 e. The van der Waals surface area contributed by atoms with E-state index in [1.165, 1.54) is 11.8 Å². The highest BCUT2D eigenvalue weighted by Crippen LogP contribution is 2.08. The van der Waals surface area contributed by atoms with Crippen molar-refractivity contribution in [2.24, 2.45) is 17.4 Å². The summed E-state index contributed by atoms with van der Waals surface area (Å²) >= 11 is 5.58. The Labute approximate surface area is 200 Å². The Morgan fingerprint density at radius 1 is 0.938 bits per heavy atom. The molecule has 186 valence electrons. The van der Waals surface area contributed by atoms with Gasteiger partial charge in [-0.3, -0.25) is 14.4 Å². The van der Waals surface area contributed by atoms with Gasteiger partial charge in [0.15, 0.2) is 0 Å². The van der Waals surface area contributed by atoms with Gasteiger partial charge in [0, 0.05) is 5.75 Å². The average molecular weight is 494 g/mol. The molecule has 0 rings (SSSR count). The predicted octanol–water partition coefficient (Wildman–Crippen LogP) is -0.289. The van der Waals surface area contributed by atoms with Crippen LogP contribution < -0.4 is 27.4 Å². The second-order valence-electron chi connectivity index (χ2n) is 8.01. The number of hydrogen-bond acceptors (Lipinski definition) is 8. The molecule has 3 amide bonds. The maximum Gasteiger partial charge on any atom is 0.326 e. The minimum absolute atomic E-state index is 0.0343. The molecule has 0 bridgehead atoms. The molecule has 0 aliphatic rings. The van der Waals surface area contributed by atoms with Crippen molar-refractivity contribution >= 4 is 48.1 Å². The SMILES string of the molecule is CSCCC(NC(=O)C(CS)NC(=O)C(CC(C)C)NC(=O)C(N)CCCCN)C(=O)O. The molecule has 0 aliphatic heterocycles. The molecule has 0 spiro atoms. The van der Waals surface area contributed by atoms with Crippen LogP contribution in [0.5, 0.6) is 0 Å². The minimum atomic E-state index is -1.15. The largest absolute Gasteiger partial charge is 0.480 e. The molecular weight excluding hydrogens is 454 g/mol. The standard InChI is InChI=1S/C20H39N5O5S2/c1-12(2)10-15(24-17(26)13(22)6-4-5-8-21)18(27)25-16(11-31)19(28)23-14(20(29)30)7-9-32-3/h12-16,31H,4-11,21-22H2,1-3H3,(H,23,28)(H,24,26)(H,25,27)(H,29,30). The first kappa shape index (κ1) is 30.5. The fraction of sp³-hybridized carbons (Fsp3) is 0.800. The van der Waals surface area contributed by atoms with Crippen LogP contribution in [0.4, 0.5) is 0 Å². The molecule has 0 heterocycles. The van der Waals surface area contributed by atoms with E-state index in [0.717, 1.165) is 6.42 Å². The molecule has 10 nitrogen and oxygen atoms in total. The lowest BCUT2D eigenvalue weighted by Crippen LogP contribution is -2.57. The van der Waals surface area contributed by atoms with Gasteiger partial charge in [-0.15, -0.1) is 0 Å². The number of carbonyl (C=O) groups is 4. The van der Waals surface area contributed by atoms with Crippen molar-refractivity contribution in [3.05, 3.63) is 0 Å². The molecule has 0 radical (unpaired) electrons. The van der Waals surface area contributed by atoms with E-state index in [1.54, 1.807) is 0 Å². The molecule has 0 fully saturated rings. The van der Waals surface area contributed by atoms with Crippen molar-refractivity contribution in [3.8, 4) is 0 Å². The van der Waals surface area contributed by atoms with Gasteiger partial charge >= 0.3 is 5.97 Å². The summed E-state index contributed by atoms with van der Waals surface area (Å²) in [5.74, 6) is -2.17. The van der Waals surface area contributed by atoms with Gasteiger partial charge in [0.2, 0.25) is 17.7 Å². The highest BCUT2D eigenvalue weighted by Gasteiger charge is 2.30. The summed E-state index contributed by atoms with van der Waals surface area (Å²) in [7, 11) is 0. The van der Waals surface area contributed by atoms with Gasteiger partial charge in [-0.05, 0) is 50.2 Å². The Morgan fingerprint density at radius 3 is 2.00 bits per heavy atom. The van der Waals surface area contributed by atoms with E-state index in [2.05, 4.69) is 28.6 Å². The fourth-order valence-corrected chi connectivity index (χ4v) is 3.58. The first-order chi connectivity index (χ1) is 15.1. The third-order valence-electron chi connectivity index (χ3n) is 4.69. The number of carbonyl (C=O) groups excluding carboxylic acids is 3. The van der Waals surface area contributed by atoms with Gasteiger partial charge in [0.05, 0.1) is 6.04 Å². The van der Waals surface area contributed by atoms with Crippen LogP contribution >= 0.6 is 24.4 Å². The van der Waals surface area contributed by atoms with E-state index >= 15 is 0 Å². The Hall–Kier alpha value is -1.50. The minimum Gasteiger partial charge on any atom is -0.480 e. The number of nitrogens with one attached hydrogen (secondary N) is 3. The molecule has 32 heavy (non-hydrogen) atoms. The number of rotatable bonds is 17. The molecule has 0 saturated carbocycles. The first-order valence-corrected chi connectivity index (χ1v) is 12.8. The highest BCUT2D eigenvalue weighted by molar-refractivity contribution is 7.98. The van der Waals surface area contributed by atoms with E-state index in [-0.39, 0.29) is 18.1 Å². The molecule has 0 aromatic rings. The summed E-state index contributed by atoms with van der Waals surface area (Å²) in [6.07, 6.45) is 4.35. The van der Waals surface area contributed by atoms with Crippen LogP contribution in [0.25, 0.3) is 0 Å². The van der Waals surface area contributed by atoms with E-state index < -0.39 is 47.9 Å². The number of thiol groups is 1. The normalized spacial score (nSPS) is 14.8. The number of thioether (sulfide) groups is 1. The maximum absolute atomic E-state index is 12.8. The first-order valence-electron chi connectivity index (χ1n) is 10.8. The van der Waals surface area contributed by atoms with Crippen molar-refractivity contribution in [2.75, 3.05) is 24.3 Å². The van der Waals surface area contributed by atoms with E-state index in [1.807, 2.05) is 20.1 Å². The summed E-state index contributed by atoms with van der Waals surface area (Å²) in [5.41, 5.74) is 11.4. The zero-order valence-electron chi connectivity index (χ0n) is 19.1. The van der Waals surface area contributed by atoms with Gasteiger partial charge in [0.25, 0.3) is 0 Å². The Morgan fingerprint density at radius 2 is 1.50 bits per heavy atom. The molecule has 4 unspecified atom stereocenters. The van der Waals surface area contributed by atoms with Crippen molar-refractivity contribution in [3.63, 3.8) is 0 Å². The molecule has 0 aromatic carbocycles. The van der Waals surface area contributed by atoms with Gasteiger partial charge in [-0.1, -0.05) is 20.3 Å². The fourth-order valence-electron chi connectivity index (χ4n) is 2.85. The zero-order valence-corrected chi connectivity index (χ0v) is 20.8. The summed E-state index contributed by atoms with van der Waals surface area (Å²) in [6, 6.07) is -3.76. The monoisotopic (exact) mass is 493 g/mol. The van der Waals surface area contributed by atoms with Crippen molar-refractivity contribution in [1.29, 1.82) is 0 Å². The third-order valence-corrected chi connectivity index (χ3v) is 5.70. The van der Waals surface area contributed by atoms with Gasteiger partial charge in [0.1, 0.15) is 18.1 Å². The molecule has 0 saturated heterocycles. The average Bonchev–Trinajstić information content (AvgIpc) is 2.73. The lowest BCUT2D eigenvalue weighted by molar-refractivity contribution is -0.142. The van der Waals surface area contributed by atoms with E-state index in [4.69, 9.17) is 11.5 Å². The quantitative estimate of drug-likeness (QED) is 0.107. The number of carboxylic acids is 1. The van der Waals surface area contributed by atoms with Crippen LogP contribution in [0.1, 0.15) is 46.0 Å². The van der Waals surface area contributed by atoms with Gasteiger partial charge in [-0.25, -0.2) is 4.79 Å². The Kier molecular flexibility index (Phi) is 16.2. The molecule has 0 aromatic heterocycles. The highest BCUT2D eigenvalue weighted by atomic mass is 32.2. The van der Waals surface area contributed by atoms with Crippen LogP contribution in [0.2, 0.25) is 0 Å². The number of carboxylic acid groups (broad SMARTS) is 1. The number of unbranched alkanes of at least 4 members (excludes halogenated alkanes) is 1. The second kappa shape index (κ2) is 17.0. The van der Waals surface area contributed by atoms with Gasteiger partial charge < -0.3 is 32.5 Å². The third kappa shape index (κ3) is 12.5. The van der Waals surface area contributed by atoms with Crippen molar-refractivity contribution in [2.45, 2.75) is 70.1 Å². The van der Waals surface area contributed by atoms with Crippen LogP contribution in [0.3, 0.4) is 0 Å². The number of amides is 3. The van der Waals surface area contributed by atoms with Crippen LogP contribution in [0.15, 0.2) is 0 Å². The molecule has 0 aliphatic carbocycles. The summed E-state index contributed by atoms with van der Waals surface area (Å²) in [4.78, 5) is 49.2. The Balaban J connectivity index is 5.12. The summed E-state index contributed by atoms with van der Waals surface area (Å²) in [5, 5.41) is 17.0. The summed E-state index contributed by atoms with van der Waals surface area (Å²) in [6.45, 7) is 4.32. The lowest BCUT2D eigenvalue weighted by atomic mass is 10.0. The molecular formula is C20H39N5O5S2. The van der Waals surface area contributed by atoms with Crippen LogP contribution in [-0.2, 0) is 19.2 Å².